The number of hydrogen-bond acceptors (Lipinski definition) is 5. The lowest BCUT2D eigenvalue weighted by Crippen LogP contribution is -2.53. The number of alkyl carbamates (subject to hydrolysis) is 1. The average molecular weight is 546 g/mol. The number of aromatic hydroxyl groups is 1. The van der Waals surface area contributed by atoms with E-state index >= 15 is 0 Å². The van der Waals surface area contributed by atoms with Crippen LogP contribution in [0, 0.1) is 6.92 Å². The van der Waals surface area contributed by atoms with Crippen LogP contribution in [0.3, 0.4) is 0 Å². The highest BCUT2D eigenvalue weighted by molar-refractivity contribution is 5.92. The molecule has 8 heteroatoms. The molecule has 0 saturated heterocycles. The van der Waals surface area contributed by atoms with Crippen molar-refractivity contribution in [3.63, 3.8) is 0 Å². The molecule has 220 valence electrons. The van der Waals surface area contributed by atoms with Crippen LogP contribution in [-0.4, -0.2) is 52.1 Å². The number of unbranched alkanes of at least 4 members (excludes halogenated alkanes) is 5. The normalized spacial score (nSPS) is 15.7. The Morgan fingerprint density at radius 3 is 2.31 bits per heavy atom. The smallest absolute Gasteiger partial charge is 0.408 e. The van der Waals surface area contributed by atoms with Gasteiger partial charge < -0.3 is 25.4 Å². The maximum absolute atomic E-state index is 13.9. The molecule has 3 amide bonds. The van der Waals surface area contributed by atoms with Crippen molar-refractivity contribution in [3.8, 4) is 5.75 Å². The Labute approximate surface area is 235 Å². The number of benzene rings is 1. The number of nitrogens with one attached hydrogen (secondary N) is 2. The highest BCUT2D eigenvalue weighted by Gasteiger charge is 2.35. The fourth-order valence-electron chi connectivity index (χ4n) is 5.07. The number of phenolic OH excluding ortho intramolecular Hbond substituents is 1. The van der Waals surface area contributed by atoms with E-state index in [9.17, 15) is 19.5 Å². The summed E-state index contributed by atoms with van der Waals surface area (Å²) in [6.07, 6.45) is 10.7. The predicted molar refractivity (Wildman–Crippen MR) is 155 cm³/mol. The van der Waals surface area contributed by atoms with E-state index in [2.05, 4.69) is 17.6 Å². The molecular formula is C31H51N3O5. The Morgan fingerprint density at radius 1 is 1.05 bits per heavy atom. The second-order valence-corrected chi connectivity index (χ2v) is 12.0. The highest BCUT2D eigenvalue weighted by atomic mass is 16.6. The van der Waals surface area contributed by atoms with Crippen molar-refractivity contribution in [1.29, 1.82) is 0 Å². The zero-order valence-electron chi connectivity index (χ0n) is 25.0. The van der Waals surface area contributed by atoms with E-state index in [0.29, 0.717) is 17.7 Å². The van der Waals surface area contributed by atoms with E-state index in [0.717, 1.165) is 57.8 Å². The zero-order chi connectivity index (χ0) is 29.0. The minimum atomic E-state index is -0.886. The number of amides is 3. The number of hydrogen-bond donors (Lipinski definition) is 3. The number of aryl methyl sites for hydroxylation is 1. The van der Waals surface area contributed by atoms with Gasteiger partial charge in [-0.3, -0.25) is 9.59 Å². The molecule has 1 aliphatic rings. The minimum absolute atomic E-state index is 0.0790. The summed E-state index contributed by atoms with van der Waals surface area (Å²) in [7, 11) is 0. The van der Waals surface area contributed by atoms with E-state index in [1.807, 2.05) is 0 Å². The molecule has 3 N–H and O–H groups in total. The van der Waals surface area contributed by atoms with Crippen LogP contribution in [0.1, 0.15) is 122 Å². The minimum Gasteiger partial charge on any atom is -0.508 e. The first kappa shape index (κ1) is 32.4. The Morgan fingerprint density at radius 2 is 1.69 bits per heavy atom. The van der Waals surface area contributed by atoms with Gasteiger partial charge in [-0.25, -0.2) is 4.79 Å². The van der Waals surface area contributed by atoms with Crippen molar-refractivity contribution in [3.05, 3.63) is 29.3 Å². The zero-order valence-corrected chi connectivity index (χ0v) is 25.0. The van der Waals surface area contributed by atoms with Gasteiger partial charge in [0, 0.05) is 12.6 Å². The first-order valence-electron chi connectivity index (χ1n) is 14.8. The summed E-state index contributed by atoms with van der Waals surface area (Å²) in [5, 5.41) is 16.0. The summed E-state index contributed by atoms with van der Waals surface area (Å²) in [6.45, 7) is 11.3. The highest BCUT2D eigenvalue weighted by Crippen LogP contribution is 2.29. The molecule has 0 aromatic heterocycles. The lowest BCUT2D eigenvalue weighted by atomic mass is 9.94. The molecule has 1 fully saturated rings. The Balaban J connectivity index is 2.35. The molecule has 0 spiro atoms. The Hall–Kier alpha value is -2.77. The molecule has 1 saturated carbocycles. The molecule has 2 unspecified atom stereocenters. The summed E-state index contributed by atoms with van der Waals surface area (Å²) in [4.78, 5) is 41.8. The van der Waals surface area contributed by atoms with Gasteiger partial charge in [-0.15, -0.1) is 0 Å². The van der Waals surface area contributed by atoms with E-state index in [-0.39, 0.29) is 23.6 Å². The van der Waals surface area contributed by atoms with Crippen LogP contribution < -0.4 is 10.6 Å². The van der Waals surface area contributed by atoms with Gasteiger partial charge in [0.1, 0.15) is 23.4 Å². The lowest BCUT2D eigenvalue weighted by Gasteiger charge is -2.35. The molecule has 0 bridgehead atoms. The summed E-state index contributed by atoms with van der Waals surface area (Å²) in [6, 6.07) is 3.37. The SMILES string of the molecule is CCCCCCCCN(C(=O)C(C)NC(=O)OC(C)(C)C)C(C(=O)NC1CCCCC1)c1ccc(O)c(C)c1. The van der Waals surface area contributed by atoms with Gasteiger partial charge in [-0.2, -0.15) is 0 Å². The fraction of sp³-hybridized carbons (Fsp3) is 0.710. The van der Waals surface area contributed by atoms with Gasteiger partial charge in [0.25, 0.3) is 0 Å². The van der Waals surface area contributed by atoms with E-state index in [4.69, 9.17) is 4.74 Å². The number of nitrogens with zero attached hydrogens (tertiary/aromatic N) is 1. The fourth-order valence-corrected chi connectivity index (χ4v) is 5.07. The quantitative estimate of drug-likeness (QED) is 0.252. The largest absolute Gasteiger partial charge is 0.508 e. The molecule has 0 heterocycles. The average Bonchev–Trinajstić information content (AvgIpc) is 2.86. The summed E-state index contributed by atoms with van der Waals surface area (Å²) in [5.41, 5.74) is 0.578. The van der Waals surface area contributed by atoms with Crippen LogP contribution >= 0.6 is 0 Å². The van der Waals surface area contributed by atoms with Gasteiger partial charge in [0.15, 0.2) is 0 Å². The van der Waals surface area contributed by atoms with Crippen LogP contribution in [0.2, 0.25) is 0 Å². The van der Waals surface area contributed by atoms with Crippen molar-refractivity contribution in [1.82, 2.24) is 15.5 Å². The lowest BCUT2D eigenvalue weighted by molar-refractivity contribution is -0.142. The number of carbonyl (C=O) groups is 3. The molecule has 2 atom stereocenters. The van der Waals surface area contributed by atoms with Gasteiger partial charge in [0.2, 0.25) is 11.8 Å². The standard InChI is InChI=1S/C31H51N3O5/c1-7-8-9-10-11-15-20-34(29(37)23(3)32-30(38)39-31(4,5)6)27(24-18-19-26(35)22(2)21-24)28(36)33-25-16-13-12-14-17-25/h18-19,21,23,25,27,35H,7-17,20H2,1-6H3,(H,32,38)(H,33,36). The summed E-state index contributed by atoms with van der Waals surface area (Å²) >= 11 is 0. The van der Waals surface area contributed by atoms with E-state index < -0.39 is 23.8 Å². The Bertz CT molecular complexity index is 937. The van der Waals surface area contributed by atoms with Crippen molar-refractivity contribution in [2.45, 2.75) is 136 Å². The maximum atomic E-state index is 13.9. The van der Waals surface area contributed by atoms with Gasteiger partial charge >= 0.3 is 6.09 Å². The molecule has 0 radical (unpaired) electrons. The van der Waals surface area contributed by atoms with Gasteiger partial charge in [-0.1, -0.05) is 64.4 Å². The van der Waals surface area contributed by atoms with Crippen LogP contribution in [0.5, 0.6) is 5.75 Å². The van der Waals surface area contributed by atoms with Crippen LogP contribution in [0.15, 0.2) is 18.2 Å². The molecule has 1 aromatic rings. The van der Waals surface area contributed by atoms with Gasteiger partial charge in [-0.05, 0) is 77.1 Å². The van der Waals surface area contributed by atoms with Gasteiger partial charge in [0.05, 0.1) is 0 Å². The molecule has 2 rings (SSSR count). The first-order valence-corrected chi connectivity index (χ1v) is 14.8. The van der Waals surface area contributed by atoms with Crippen LogP contribution in [0.25, 0.3) is 0 Å². The monoisotopic (exact) mass is 545 g/mol. The third-order valence-corrected chi connectivity index (χ3v) is 7.19. The molecule has 8 nitrogen and oxygen atoms in total. The summed E-state index contributed by atoms with van der Waals surface area (Å²) < 4.78 is 5.37. The number of rotatable bonds is 13. The van der Waals surface area contributed by atoms with Crippen LogP contribution in [-0.2, 0) is 14.3 Å². The number of phenols is 1. The van der Waals surface area contributed by atoms with Crippen molar-refractivity contribution in [2.75, 3.05) is 6.54 Å². The number of ether oxygens (including phenoxy) is 1. The van der Waals surface area contributed by atoms with Crippen molar-refractivity contribution >= 4 is 17.9 Å². The van der Waals surface area contributed by atoms with E-state index in [1.165, 1.54) is 12.8 Å². The third-order valence-electron chi connectivity index (χ3n) is 7.19. The molecular weight excluding hydrogens is 494 g/mol. The molecule has 1 aromatic carbocycles. The topological polar surface area (TPSA) is 108 Å². The second kappa shape index (κ2) is 15.7. The molecule has 0 aliphatic heterocycles. The molecule has 1 aliphatic carbocycles. The van der Waals surface area contributed by atoms with Crippen molar-refractivity contribution < 1.29 is 24.2 Å². The van der Waals surface area contributed by atoms with Crippen molar-refractivity contribution in [2.24, 2.45) is 0 Å². The van der Waals surface area contributed by atoms with E-state index in [1.54, 1.807) is 57.7 Å². The number of carbonyl (C=O) groups excluding carboxylic acids is 3. The van der Waals surface area contributed by atoms with Crippen LogP contribution in [0.4, 0.5) is 4.79 Å². The maximum Gasteiger partial charge on any atom is 0.408 e. The first-order chi connectivity index (χ1) is 18.4. The Kier molecular flexibility index (Phi) is 13.1. The second-order valence-electron chi connectivity index (χ2n) is 12.0. The third kappa shape index (κ3) is 11.1. The predicted octanol–water partition coefficient (Wildman–Crippen LogP) is 6.29. The molecule has 39 heavy (non-hydrogen) atoms. The summed E-state index contributed by atoms with van der Waals surface area (Å²) in [5.74, 6) is -0.432.